The van der Waals surface area contributed by atoms with Crippen LogP contribution in [0.2, 0.25) is 0 Å². The smallest absolute Gasteiger partial charge is 0.253 e. The van der Waals surface area contributed by atoms with E-state index in [2.05, 4.69) is 34.3 Å². The molecule has 138 valence electrons. The van der Waals surface area contributed by atoms with Gasteiger partial charge in [0.2, 0.25) is 0 Å². The number of benzene rings is 2. The van der Waals surface area contributed by atoms with Crippen molar-refractivity contribution in [1.82, 2.24) is 10.3 Å². The minimum Gasteiger partial charge on any atom is -0.378 e. The van der Waals surface area contributed by atoms with E-state index in [0.29, 0.717) is 25.3 Å². The van der Waals surface area contributed by atoms with E-state index in [9.17, 15) is 4.79 Å². The van der Waals surface area contributed by atoms with Gasteiger partial charge in [0.25, 0.3) is 5.91 Å². The molecule has 1 saturated heterocycles. The summed E-state index contributed by atoms with van der Waals surface area (Å²) in [5.41, 5.74) is 2.89. The van der Waals surface area contributed by atoms with Crippen LogP contribution in [0.1, 0.15) is 21.5 Å². The van der Waals surface area contributed by atoms with E-state index in [0.717, 1.165) is 35.2 Å². The summed E-state index contributed by atoms with van der Waals surface area (Å²) >= 11 is 0. The van der Waals surface area contributed by atoms with E-state index in [1.165, 1.54) is 5.56 Å². The Morgan fingerprint density at radius 2 is 1.78 bits per heavy atom. The highest BCUT2D eigenvalue weighted by Crippen LogP contribution is 2.27. The van der Waals surface area contributed by atoms with Crippen LogP contribution in [0.5, 0.6) is 0 Å². The minimum atomic E-state index is -0.104. The molecule has 27 heavy (non-hydrogen) atoms. The third-order valence-corrected chi connectivity index (χ3v) is 4.90. The summed E-state index contributed by atoms with van der Waals surface area (Å²) < 4.78 is 5.44. The maximum Gasteiger partial charge on any atom is 0.253 e. The summed E-state index contributed by atoms with van der Waals surface area (Å²) in [6.07, 6.45) is 1.69. The SMILES string of the molecule is Cc1ccc(CNC(=O)c2cnc(N3CCOCC3)c3ccccc23)cc1. The lowest BCUT2D eigenvalue weighted by molar-refractivity contribution is 0.0952. The van der Waals surface area contributed by atoms with Crippen LogP contribution in [0, 0.1) is 6.92 Å². The molecule has 0 saturated carbocycles. The topological polar surface area (TPSA) is 54.5 Å². The average molecular weight is 361 g/mol. The van der Waals surface area contributed by atoms with Crippen molar-refractivity contribution in [1.29, 1.82) is 0 Å². The first-order valence-electron chi connectivity index (χ1n) is 9.26. The Balaban J connectivity index is 1.60. The van der Waals surface area contributed by atoms with Crippen molar-refractivity contribution in [2.24, 2.45) is 0 Å². The summed E-state index contributed by atoms with van der Waals surface area (Å²) in [6.45, 7) is 5.59. The molecule has 4 rings (SSSR count). The first-order chi connectivity index (χ1) is 13.2. The van der Waals surface area contributed by atoms with E-state index in [1.54, 1.807) is 6.20 Å². The predicted molar refractivity (Wildman–Crippen MR) is 107 cm³/mol. The number of aromatic nitrogens is 1. The first-order valence-corrected chi connectivity index (χ1v) is 9.26. The fraction of sp³-hybridized carbons (Fsp3) is 0.273. The number of morpholine rings is 1. The number of anilines is 1. The molecule has 0 unspecified atom stereocenters. The number of hydrogen-bond acceptors (Lipinski definition) is 4. The third-order valence-electron chi connectivity index (χ3n) is 4.90. The van der Waals surface area contributed by atoms with Crippen molar-refractivity contribution in [2.75, 3.05) is 31.2 Å². The molecular weight excluding hydrogens is 338 g/mol. The molecule has 0 spiro atoms. The van der Waals surface area contributed by atoms with Crippen LogP contribution in [0.15, 0.2) is 54.7 Å². The maximum absolute atomic E-state index is 12.8. The zero-order valence-corrected chi connectivity index (χ0v) is 15.4. The Kier molecular flexibility index (Phi) is 5.03. The second-order valence-electron chi connectivity index (χ2n) is 6.81. The fourth-order valence-electron chi connectivity index (χ4n) is 3.37. The van der Waals surface area contributed by atoms with E-state index in [4.69, 9.17) is 4.74 Å². The van der Waals surface area contributed by atoms with Gasteiger partial charge >= 0.3 is 0 Å². The van der Waals surface area contributed by atoms with Crippen molar-refractivity contribution in [3.8, 4) is 0 Å². The monoisotopic (exact) mass is 361 g/mol. The van der Waals surface area contributed by atoms with Gasteiger partial charge < -0.3 is 15.0 Å². The number of pyridine rings is 1. The highest BCUT2D eigenvalue weighted by atomic mass is 16.5. The molecule has 2 aromatic carbocycles. The molecule has 2 heterocycles. The minimum absolute atomic E-state index is 0.104. The van der Waals surface area contributed by atoms with Crippen molar-refractivity contribution < 1.29 is 9.53 Å². The van der Waals surface area contributed by atoms with Crippen molar-refractivity contribution in [2.45, 2.75) is 13.5 Å². The number of aryl methyl sites for hydroxylation is 1. The second-order valence-corrected chi connectivity index (χ2v) is 6.81. The number of ether oxygens (including phenoxy) is 1. The molecule has 0 radical (unpaired) electrons. The summed E-state index contributed by atoms with van der Waals surface area (Å²) in [5.74, 6) is 0.816. The van der Waals surface area contributed by atoms with Crippen LogP contribution in [0.25, 0.3) is 10.8 Å². The molecule has 3 aromatic rings. The normalized spacial score (nSPS) is 14.3. The lowest BCUT2D eigenvalue weighted by Gasteiger charge is -2.29. The quantitative estimate of drug-likeness (QED) is 0.775. The van der Waals surface area contributed by atoms with Crippen LogP contribution in [0.4, 0.5) is 5.82 Å². The van der Waals surface area contributed by atoms with Crippen molar-refractivity contribution in [3.63, 3.8) is 0 Å². The molecular formula is C22H23N3O2. The van der Waals surface area contributed by atoms with E-state index < -0.39 is 0 Å². The third kappa shape index (κ3) is 3.78. The Morgan fingerprint density at radius 1 is 1.07 bits per heavy atom. The summed E-state index contributed by atoms with van der Waals surface area (Å²) in [4.78, 5) is 19.7. The lowest BCUT2D eigenvalue weighted by atomic mass is 10.1. The molecule has 0 atom stereocenters. The van der Waals surface area contributed by atoms with Gasteiger partial charge in [-0.05, 0) is 17.9 Å². The maximum atomic E-state index is 12.8. The number of fused-ring (bicyclic) bond motifs is 1. The molecule has 0 bridgehead atoms. The van der Waals surface area contributed by atoms with Crippen molar-refractivity contribution >= 4 is 22.5 Å². The van der Waals surface area contributed by atoms with E-state index >= 15 is 0 Å². The van der Waals surface area contributed by atoms with Crippen molar-refractivity contribution in [3.05, 3.63) is 71.4 Å². The molecule has 5 heteroatoms. The molecule has 0 aliphatic carbocycles. The van der Waals surface area contributed by atoms with Crippen LogP contribution in [0.3, 0.4) is 0 Å². The van der Waals surface area contributed by atoms with Crippen LogP contribution in [-0.4, -0.2) is 37.2 Å². The van der Waals surface area contributed by atoms with Gasteiger partial charge in [0.1, 0.15) is 5.82 Å². The number of amides is 1. The zero-order chi connectivity index (χ0) is 18.6. The largest absolute Gasteiger partial charge is 0.378 e. The van der Waals surface area contributed by atoms with Gasteiger partial charge in [-0.3, -0.25) is 4.79 Å². The summed E-state index contributed by atoms with van der Waals surface area (Å²) in [7, 11) is 0. The Morgan fingerprint density at radius 3 is 2.52 bits per heavy atom. The highest BCUT2D eigenvalue weighted by molar-refractivity contribution is 6.09. The second kappa shape index (κ2) is 7.76. The Hall–Kier alpha value is -2.92. The number of nitrogens with zero attached hydrogens (tertiary/aromatic N) is 2. The fourth-order valence-corrected chi connectivity index (χ4v) is 3.37. The first kappa shape index (κ1) is 17.5. The number of carbonyl (C=O) groups excluding carboxylic acids is 1. The van der Waals surface area contributed by atoms with Gasteiger partial charge in [0, 0.05) is 31.2 Å². The molecule has 1 N–H and O–H groups in total. The number of nitrogens with one attached hydrogen (secondary N) is 1. The van der Waals surface area contributed by atoms with Gasteiger partial charge in [-0.25, -0.2) is 4.98 Å². The predicted octanol–water partition coefficient (Wildman–Crippen LogP) is 3.31. The van der Waals surface area contributed by atoms with Gasteiger partial charge in [-0.2, -0.15) is 0 Å². The molecule has 1 aliphatic rings. The number of hydrogen-bond donors (Lipinski definition) is 1. The summed E-state index contributed by atoms with van der Waals surface area (Å²) in [5, 5.41) is 4.94. The lowest BCUT2D eigenvalue weighted by Crippen LogP contribution is -2.37. The molecule has 1 aromatic heterocycles. The van der Waals surface area contributed by atoms with Crippen LogP contribution < -0.4 is 10.2 Å². The van der Waals surface area contributed by atoms with Gasteiger partial charge in [-0.15, -0.1) is 0 Å². The number of rotatable bonds is 4. The van der Waals surface area contributed by atoms with E-state index in [1.807, 2.05) is 36.4 Å². The standard InChI is InChI=1S/C22H23N3O2/c1-16-6-8-17(9-7-16)14-24-22(26)20-15-23-21(25-10-12-27-13-11-25)19-5-3-2-4-18(19)20/h2-9,15H,10-14H2,1H3,(H,24,26). The zero-order valence-electron chi connectivity index (χ0n) is 15.4. The molecule has 1 amide bonds. The number of carbonyl (C=O) groups is 1. The average Bonchev–Trinajstić information content (AvgIpc) is 2.73. The molecule has 1 aliphatic heterocycles. The molecule has 1 fully saturated rings. The van der Waals surface area contributed by atoms with Crippen LogP contribution >= 0.6 is 0 Å². The van der Waals surface area contributed by atoms with E-state index in [-0.39, 0.29) is 5.91 Å². The van der Waals surface area contributed by atoms with Gasteiger partial charge in [-0.1, -0.05) is 54.1 Å². The van der Waals surface area contributed by atoms with Gasteiger partial charge in [0.05, 0.1) is 18.8 Å². The Bertz CT molecular complexity index is 947. The molecule has 5 nitrogen and oxygen atoms in total. The Labute approximate surface area is 159 Å². The highest BCUT2D eigenvalue weighted by Gasteiger charge is 2.18. The van der Waals surface area contributed by atoms with Crippen LogP contribution in [-0.2, 0) is 11.3 Å². The van der Waals surface area contributed by atoms with Gasteiger partial charge in [0.15, 0.2) is 0 Å². The summed E-state index contributed by atoms with van der Waals surface area (Å²) in [6, 6.07) is 16.1.